The third kappa shape index (κ3) is 4.77. The summed E-state index contributed by atoms with van der Waals surface area (Å²) in [5.41, 5.74) is 0.520. The van der Waals surface area contributed by atoms with Crippen LogP contribution in [0.4, 0.5) is 10.2 Å². The molecule has 1 aliphatic heterocycles. The van der Waals surface area contributed by atoms with Crippen molar-refractivity contribution in [2.24, 2.45) is 5.92 Å². The number of anilines is 1. The highest BCUT2D eigenvalue weighted by Crippen LogP contribution is 2.25. The summed E-state index contributed by atoms with van der Waals surface area (Å²) < 4.78 is 14.8. The van der Waals surface area contributed by atoms with Gasteiger partial charge in [-0.2, -0.15) is 0 Å². The smallest absolute Gasteiger partial charge is 0.228 e. The molecule has 1 amide bonds. The maximum absolute atomic E-state index is 13.9. The van der Waals surface area contributed by atoms with Crippen LogP contribution >= 0.6 is 27.5 Å². The van der Waals surface area contributed by atoms with Gasteiger partial charge in [0, 0.05) is 33.7 Å². The summed E-state index contributed by atoms with van der Waals surface area (Å²) in [5.74, 6) is 0.193. The molecule has 0 spiro atoms. The van der Waals surface area contributed by atoms with Gasteiger partial charge in [-0.25, -0.2) is 9.37 Å². The van der Waals surface area contributed by atoms with Gasteiger partial charge in [0.1, 0.15) is 11.6 Å². The maximum atomic E-state index is 13.9. The molecule has 0 radical (unpaired) electrons. The Kier molecular flexibility index (Phi) is 6.04. The zero-order chi connectivity index (χ0) is 17.8. The number of aromatic nitrogens is 1. The summed E-state index contributed by atoms with van der Waals surface area (Å²) in [7, 11) is 0. The number of rotatable bonds is 4. The van der Waals surface area contributed by atoms with Crippen molar-refractivity contribution in [3.63, 3.8) is 0 Å². The van der Waals surface area contributed by atoms with Crippen molar-refractivity contribution in [2.45, 2.75) is 19.4 Å². The van der Waals surface area contributed by atoms with Gasteiger partial charge in [-0.15, -0.1) is 0 Å². The molecule has 1 aromatic carbocycles. The number of nitrogens with one attached hydrogen (secondary N) is 1. The zero-order valence-corrected chi connectivity index (χ0v) is 15.9. The van der Waals surface area contributed by atoms with E-state index in [1.54, 1.807) is 24.4 Å². The Morgan fingerprint density at radius 1 is 1.32 bits per heavy atom. The number of halogens is 3. The van der Waals surface area contributed by atoms with Crippen LogP contribution in [-0.2, 0) is 11.3 Å². The number of hydrogen-bond acceptors (Lipinski definition) is 3. The van der Waals surface area contributed by atoms with E-state index >= 15 is 0 Å². The lowest BCUT2D eigenvalue weighted by Crippen LogP contribution is -2.38. The van der Waals surface area contributed by atoms with Gasteiger partial charge < -0.3 is 5.32 Å². The molecule has 1 aromatic heterocycles. The van der Waals surface area contributed by atoms with Gasteiger partial charge in [0.05, 0.1) is 0 Å². The van der Waals surface area contributed by atoms with E-state index in [0.717, 1.165) is 30.4 Å². The van der Waals surface area contributed by atoms with Crippen LogP contribution in [0.15, 0.2) is 41.0 Å². The summed E-state index contributed by atoms with van der Waals surface area (Å²) in [4.78, 5) is 18.7. The Morgan fingerprint density at radius 2 is 2.08 bits per heavy atom. The van der Waals surface area contributed by atoms with Gasteiger partial charge in [0.2, 0.25) is 5.91 Å². The fourth-order valence-electron chi connectivity index (χ4n) is 2.94. The lowest BCUT2D eigenvalue weighted by atomic mass is 9.95. The SMILES string of the molecule is O=C(Nc1ccc(Br)cn1)C1CCN(Cc2c(F)cccc2Cl)CC1. The van der Waals surface area contributed by atoms with Crippen molar-refractivity contribution in [3.8, 4) is 0 Å². The summed E-state index contributed by atoms with van der Waals surface area (Å²) in [6, 6.07) is 8.33. The fraction of sp³-hybridized carbons (Fsp3) is 0.333. The van der Waals surface area contributed by atoms with E-state index in [2.05, 4.69) is 31.1 Å². The predicted molar refractivity (Wildman–Crippen MR) is 100.0 cm³/mol. The Morgan fingerprint density at radius 3 is 2.72 bits per heavy atom. The highest BCUT2D eigenvalue weighted by atomic mass is 79.9. The minimum absolute atomic E-state index is 0.0154. The minimum Gasteiger partial charge on any atom is -0.310 e. The van der Waals surface area contributed by atoms with Crippen molar-refractivity contribution in [1.82, 2.24) is 9.88 Å². The molecule has 3 rings (SSSR count). The number of likely N-dealkylation sites (tertiary alicyclic amines) is 1. The van der Waals surface area contributed by atoms with Crippen LogP contribution in [0, 0.1) is 11.7 Å². The van der Waals surface area contributed by atoms with E-state index in [4.69, 9.17) is 11.6 Å². The first-order valence-corrected chi connectivity index (χ1v) is 9.27. The van der Waals surface area contributed by atoms with Gasteiger partial charge in [0.15, 0.2) is 0 Å². The maximum Gasteiger partial charge on any atom is 0.228 e. The Bertz CT molecular complexity index is 728. The standard InChI is InChI=1S/C18H18BrClFN3O/c19-13-4-5-17(22-10-13)23-18(25)12-6-8-24(9-7-12)11-14-15(20)2-1-3-16(14)21/h1-5,10,12H,6-9,11H2,(H,22,23,25). The number of piperidine rings is 1. The molecule has 132 valence electrons. The molecule has 4 nitrogen and oxygen atoms in total. The van der Waals surface area contributed by atoms with Crippen LogP contribution in [0.2, 0.25) is 5.02 Å². The topological polar surface area (TPSA) is 45.2 Å². The van der Waals surface area contributed by atoms with Gasteiger partial charge in [-0.3, -0.25) is 9.69 Å². The molecule has 0 atom stereocenters. The van der Waals surface area contributed by atoms with E-state index in [-0.39, 0.29) is 17.6 Å². The molecular formula is C18H18BrClFN3O. The quantitative estimate of drug-likeness (QED) is 0.783. The number of hydrogen-bond donors (Lipinski definition) is 1. The first kappa shape index (κ1) is 18.3. The molecule has 1 aliphatic rings. The number of nitrogens with zero attached hydrogens (tertiary/aromatic N) is 2. The van der Waals surface area contributed by atoms with Gasteiger partial charge in [0.25, 0.3) is 0 Å². The molecular weight excluding hydrogens is 409 g/mol. The summed E-state index contributed by atoms with van der Waals surface area (Å²) in [6.45, 7) is 1.93. The summed E-state index contributed by atoms with van der Waals surface area (Å²) >= 11 is 9.40. The number of carbonyl (C=O) groups is 1. The van der Waals surface area contributed by atoms with E-state index < -0.39 is 0 Å². The summed E-state index contributed by atoms with van der Waals surface area (Å²) in [6.07, 6.45) is 3.11. The van der Waals surface area contributed by atoms with Gasteiger partial charge in [-0.05, 0) is 66.1 Å². The van der Waals surface area contributed by atoms with Gasteiger partial charge in [-0.1, -0.05) is 17.7 Å². The van der Waals surface area contributed by atoms with Crippen LogP contribution < -0.4 is 5.32 Å². The van der Waals surface area contributed by atoms with Crippen LogP contribution in [0.5, 0.6) is 0 Å². The normalized spacial score (nSPS) is 16.0. The predicted octanol–water partition coefficient (Wildman–Crippen LogP) is 4.49. The first-order valence-electron chi connectivity index (χ1n) is 8.10. The highest BCUT2D eigenvalue weighted by molar-refractivity contribution is 9.10. The van der Waals surface area contributed by atoms with Crippen LogP contribution in [0.25, 0.3) is 0 Å². The highest BCUT2D eigenvalue weighted by Gasteiger charge is 2.26. The number of pyridine rings is 1. The molecule has 2 aromatic rings. The van der Waals surface area contributed by atoms with E-state index in [0.29, 0.717) is 22.9 Å². The third-order valence-corrected chi connectivity index (χ3v) is 5.20. The Labute approximate surface area is 159 Å². The second-order valence-corrected chi connectivity index (χ2v) is 7.42. The van der Waals surface area contributed by atoms with Crippen LogP contribution in [0.3, 0.4) is 0 Å². The molecule has 0 bridgehead atoms. The number of amides is 1. The zero-order valence-electron chi connectivity index (χ0n) is 13.5. The second-order valence-electron chi connectivity index (χ2n) is 6.10. The molecule has 0 unspecified atom stereocenters. The van der Waals surface area contributed by atoms with Crippen molar-refractivity contribution in [1.29, 1.82) is 0 Å². The van der Waals surface area contributed by atoms with Crippen molar-refractivity contribution < 1.29 is 9.18 Å². The monoisotopic (exact) mass is 425 g/mol. The molecule has 1 fully saturated rings. The Hall–Kier alpha value is -1.50. The molecule has 2 heterocycles. The van der Waals surface area contributed by atoms with E-state index in [1.165, 1.54) is 6.07 Å². The fourth-order valence-corrected chi connectivity index (χ4v) is 3.40. The van der Waals surface area contributed by atoms with Crippen molar-refractivity contribution >= 4 is 39.3 Å². The molecule has 25 heavy (non-hydrogen) atoms. The van der Waals surface area contributed by atoms with E-state index in [1.807, 2.05) is 6.07 Å². The van der Waals surface area contributed by atoms with E-state index in [9.17, 15) is 9.18 Å². The van der Waals surface area contributed by atoms with Crippen LogP contribution in [-0.4, -0.2) is 28.9 Å². The van der Waals surface area contributed by atoms with Crippen molar-refractivity contribution in [3.05, 3.63) is 57.4 Å². The molecule has 0 saturated carbocycles. The first-order chi connectivity index (χ1) is 12.0. The molecule has 0 aliphatic carbocycles. The lowest BCUT2D eigenvalue weighted by molar-refractivity contribution is -0.121. The van der Waals surface area contributed by atoms with Gasteiger partial charge >= 0.3 is 0 Å². The second kappa shape index (κ2) is 8.25. The molecule has 1 N–H and O–H groups in total. The Balaban J connectivity index is 1.53. The number of benzene rings is 1. The number of carbonyl (C=O) groups excluding carboxylic acids is 1. The summed E-state index contributed by atoms with van der Waals surface area (Å²) in [5, 5.41) is 3.30. The minimum atomic E-state index is -0.284. The molecule has 1 saturated heterocycles. The average molecular weight is 427 g/mol. The average Bonchev–Trinajstić information content (AvgIpc) is 2.61. The lowest BCUT2D eigenvalue weighted by Gasteiger charge is -2.31. The molecule has 7 heteroatoms. The van der Waals surface area contributed by atoms with Crippen molar-refractivity contribution in [2.75, 3.05) is 18.4 Å². The largest absolute Gasteiger partial charge is 0.310 e. The third-order valence-electron chi connectivity index (χ3n) is 4.38. The van der Waals surface area contributed by atoms with Crippen LogP contribution in [0.1, 0.15) is 18.4 Å².